The smallest absolute Gasteiger partial charge is 0.337 e. The summed E-state index contributed by atoms with van der Waals surface area (Å²) in [6, 6.07) is 10.9. The van der Waals surface area contributed by atoms with E-state index in [0.29, 0.717) is 16.7 Å². The van der Waals surface area contributed by atoms with E-state index in [9.17, 15) is 18.0 Å². The molecule has 2 aromatic rings. The summed E-state index contributed by atoms with van der Waals surface area (Å²) < 4.78 is 29.5. The second-order valence-electron chi connectivity index (χ2n) is 5.35. The van der Waals surface area contributed by atoms with Gasteiger partial charge >= 0.3 is 5.97 Å². The Kier molecular flexibility index (Phi) is 5.55. The summed E-state index contributed by atoms with van der Waals surface area (Å²) in [5.41, 5.74) is 3.76. The second kappa shape index (κ2) is 7.45. The lowest BCUT2D eigenvalue weighted by Crippen LogP contribution is -2.42. The van der Waals surface area contributed by atoms with Gasteiger partial charge < -0.3 is 4.74 Å². The molecule has 0 saturated carbocycles. The molecule has 0 bridgehead atoms. The normalized spacial score (nSPS) is 11.0. The number of hydrazine groups is 1. The second-order valence-corrected chi connectivity index (χ2v) is 7.00. The highest BCUT2D eigenvalue weighted by Gasteiger charge is 2.20. The Balaban J connectivity index is 2.24. The molecule has 0 atom stereocenters. The molecule has 25 heavy (non-hydrogen) atoms. The van der Waals surface area contributed by atoms with Crippen molar-refractivity contribution in [1.29, 1.82) is 0 Å². The number of sulfonamides is 1. The van der Waals surface area contributed by atoms with Crippen molar-refractivity contribution in [3.8, 4) is 0 Å². The monoisotopic (exact) mass is 362 g/mol. The van der Waals surface area contributed by atoms with Gasteiger partial charge in [0, 0.05) is 5.56 Å². The predicted octanol–water partition coefficient (Wildman–Crippen LogP) is 1.71. The van der Waals surface area contributed by atoms with Gasteiger partial charge in [-0.05, 0) is 43.2 Å². The van der Waals surface area contributed by atoms with Crippen LogP contribution in [0.5, 0.6) is 0 Å². The van der Waals surface area contributed by atoms with Crippen LogP contribution in [-0.4, -0.2) is 27.4 Å². The number of hydrogen-bond acceptors (Lipinski definition) is 5. The Morgan fingerprint density at radius 1 is 1.00 bits per heavy atom. The maximum atomic E-state index is 12.5. The molecule has 2 rings (SSSR count). The molecule has 2 aromatic carbocycles. The molecular formula is C17H18N2O5S. The van der Waals surface area contributed by atoms with E-state index in [1.165, 1.54) is 25.3 Å². The largest absolute Gasteiger partial charge is 0.465 e. The van der Waals surface area contributed by atoms with E-state index in [1.54, 1.807) is 38.1 Å². The molecule has 0 fully saturated rings. The number of aryl methyl sites for hydroxylation is 2. The average molecular weight is 362 g/mol. The number of benzene rings is 2. The topological polar surface area (TPSA) is 102 Å². The van der Waals surface area contributed by atoms with Gasteiger partial charge in [0.1, 0.15) is 0 Å². The van der Waals surface area contributed by atoms with Crippen molar-refractivity contribution in [3.05, 3.63) is 64.7 Å². The Labute approximate surface area is 146 Å². The fourth-order valence-electron chi connectivity index (χ4n) is 2.20. The number of rotatable bonds is 5. The number of amides is 1. The molecule has 0 aliphatic heterocycles. The SMILES string of the molecule is COC(=O)c1ccc(C)c(S(=O)(=O)NNC(=O)c2ccccc2C)c1. The fraction of sp³-hybridized carbons (Fsp3) is 0.176. The molecular weight excluding hydrogens is 344 g/mol. The third-order valence-corrected chi connectivity index (χ3v) is 4.98. The van der Waals surface area contributed by atoms with Gasteiger partial charge in [-0.1, -0.05) is 24.3 Å². The standard InChI is InChI=1S/C17H18N2O5S/c1-11-6-4-5-7-14(11)16(20)18-19-25(22,23)15-10-13(17(21)24-3)9-8-12(15)2/h4-10,19H,1-3H3,(H,18,20). The van der Waals surface area contributed by atoms with Gasteiger partial charge in [0.05, 0.1) is 17.6 Å². The molecule has 8 heteroatoms. The molecule has 0 aromatic heterocycles. The molecule has 132 valence electrons. The molecule has 0 aliphatic carbocycles. The quantitative estimate of drug-likeness (QED) is 0.623. The first-order valence-corrected chi connectivity index (χ1v) is 8.81. The molecule has 0 heterocycles. The molecule has 0 saturated heterocycles. The number of ether oxygens (including phenoxy) is 1. The first-order chi connectivity index (χ1) is 11.8. The van der Waals surface area contributed by atoms with Crippen LogP contribution >= 0.6 is 0 Å². The third kappa shape index (κ3) is 4.23. The minimum absolute atomic E-state index is 0.0960. The molecule has 1 amide bonds. The van der Waals surface area contributed by atoms with E-state index in [1.807, 2.05) is 4.83 Å². The zero-order chi connectivity index (χ0) is 18.6. The van der Waals surface area contributed by atoms with Crippen LogP contribution in [0.2, 0.25) is 0 Å². The predicted molar refractivity (Wildman–Crippen MR) is 91.5 cm³/mol. The lowest BCUT2D eigenvalue weighted by Gasteiger charge is -2.12. The van der Waals surface area contributed by atoms with Crippen molar-refractivity contribution in [1.82, 2.24) is 10.3 Å². The van der Waals surface area contributed by atoms with E-state index < -0.39 is 21.9 Å². The van der Waals surface area contributed by atoms with Crippen molar-refractivity contribution in [3.63, 3.8) is 0 Å². The highest BCUT2D eigenvalue weighted by Crippen LogP contribution is 2.17. The minimum atomic E-state index is -4.06. The third-order valence-electron chi connectivity index (χ3n) is 3.59. The number of carbonyl (C=O) groups excluding carboxylic acids is 2. The highest BCUT2D eigenvalue weighted by molar-refractivity contribution is 7.89. The van der Waals surface area contributed by atoms with Gasteiger partial charge in [-0.15, -0.1) is 4.83 Å². The Hall–Kier alpha value is -2.71. The Morgan fingerprint density at radius 3 is 2.32 bits per heavy atom. The molecule has 0 radical (unpaired) electrons. The van der Waals surface area contributed by atoms with Gasteiger partial charge in [-0.3, -0.25) is 10.2 Å². The fourth-order valence-corrected chi connectivity index (χ4v) is 3.31. The Morgan fingerprint density at radius 2 is 1.68 bits per heavy atom. The summed E-state index contributed by atoms with van der Waals surface area (Å²) in [5.74, 6) is -1.23. The maximum Gasteiger partial charge on any atom is 0.337 e. The van der Waals surface area contributed by atoms with Crippen LogP contribution < -0.4 is 10.3 Å². The average Bonchev–Trinajstić information content (AvgIpc) is 2.59. The van der Waals surface area contributed by atoms with Crippen molar-refractivity contribution in [2.24, 2.45) is 0 Å². The van der Waals surface area contributed by atoms with E-state index >= 15 is 0 Å². The molecule has 2 N–H and O–H groups in total. The van der Waals surface area contributed by atoms with Crippen molar-refractivity contribution in [2.75, 3.05) is 7.11 Å². The van der Waals surface area contributed by atoms with E-state index in [-0.39, 0.29) is 10.5 Å². The minimum Gasteiger partial charge on any atom is -0.465 e. The summed E-state index contributed by atoms with van der Waals surface area (Å²) >= 11 is 0. The van der Waals surface area contributed by atoms with Crippen LogP contribution in [-0.2, 0) is 14.8 Å². The molecule has 0 unspecified atom stereocenters. The van der Waals surface area contributed by atoms with Crippen molar-refractivity contribution >= 4 is 21.9 Å². The lowest BCUT2D eigenvalue weighted by atomic mass is 10.1. The zero-order valence-electron chi connectivity index (χ0n) is 14.0. The molecule has 0 aliphatic rings. The maximum absolute atomic E-state index is 12.5. The van der Waals surface area contributed by atoms with Crippen LogP contribution in [0.3, 0.4) is 0 Å². The van der Waals surface area contributed by atoms with Gasteiger partial charge in [0.25, 0.3) is 15.9 Å². The molecule has 7 nitrogen and oxygen atoms in total. The van der Waals surface area contributed by atoms with Crippen LogP contribution in [0.1, 0.15) is 31.8 Å². The summed E-state index contributed by atoms with van der Waals surface area (Å²) in [4.78, 5) is 25.6. The van der Waals surface area contributed by atoms with E-state index in [0.717, 1.165) is 0 Å². The van der Waals surface area contributed by atoms with Gasteiger partial charge in [-0.2, -0.15) is 0 Å². The Bertz CT molecular complexity index is 922. The number of carbonyl (C=O) groups is 2. The van der Waals surface area contributed by atoms with Crippen LogP contribution in [0.15, 0.2) is 47.4 Å². The van der Waals surface area contributed by atoms with Crippen LogP contribution in [0, 0.1) is 13.8 Å². The van der Waals surface area contributed by atoms with E-state index in [4.69, 9.17) is 0 Å². The van der Waals surface area contributed by atoms with Gasteiger partial charge in [0.15, 0.2) is 0 Å². The first-order valence-electron chi connectivity index (χ1n) is 7.33. The van der Waals surface area contributed by atoms with Crippen LogP contribution in [0.4, 0.5) is 0 Å². The zero-order valence-corrected chi connectivity index (χ0v) is 14.8. The summed E-state index contributed by atoms with van der Waals surface area (Å²) in [7, 11) is -2.86. The van der Waals surface area contributed by atoms with E-state index in [2.05, 4.69) is 10.2 Å². The summed E-state index contributed by atoms with van der Waals surface area (Å²) in [5, 5.41) is 0. The first kappa shape index (κ1) is 18.6. The number of nitrogens with one attached hydrogen (secondary N) is 2. The number of hydrogen-bond donors (Lipinski definition) is 2. The van der Waals surface area contributed by atoms with Gasteiger partial charge in [0.2, 0.25) is 0 Å². The van der Waals surface area contributed by atoms with Crippen LogP contribution in [0.25, 0.3) is 0 Å². The van der Waals surface area contributed by atoms with Gasteiger partial charge in [-0.25, -0.2) is 13.2 Å². The lowest BCUT2D eigenvalue weighted by molar-refractivity contribution is 0.0600. The number of esters is 1. The van der Waals surface area contributed by atoms with Crippen molar-refractivity contribution < 1.29 is 22.7 Å². The number of methoxy groups -OCH3 is 1. The molecule has 0 spiro atoms. The van der Waals surface area contributed by atoms with Crippen molar-refractivity contribution in [2.45, 2.75) is 18.7 Å². The summed E-state index contributed by atoms with van der Waals surface area (Å²) in [6.07, 6.45) is 0. The summed E-state index contributed by atoms with van der Waals surface area (Å²) in [6.45, 7) is 3.33. The highest BCUT2D eigenvalue weighted by atomic mass is 32.2.